The number of carbonyl (C=O) groups excluding carboxylic acids is 1. The zero-order chi connectivity index (χ0) is 13.2. The lowest BCUT2D eigenvalue weighted by atomic mass is 10.2. The van der Waals surface area contributed by atoms with Crippen molar-refractivity contribution >= 4 is 24.0 Å². The van der Waals surface area contributed by atoms with Gasteiger partial charge in [0.1, 0.15) is 5.69 Å². The molecule has 7 heteroatoms. The fourth-order valence-corrected chi connectivity index (χ4v) is 2.18. The van der Waals surface area contributed by atoms with Crippen molar-refractivity contribution in [2.75, 3.05) is 31.1 Å². The van der Waals surface area contributed by atoms with Crippen LogP contribution in [0.2, 0.25) is 0 Å². The molecule has 1 saturated heterocycles. The molecule has 3 rings (SSSR count). The Labute approximate surface area is 123 Å². The minimum absolute atomic E-state index is 0. The summed E-state index contributed by atoms with van der Waals surface area (Å²) in [5.41, 5.74) is 0.632. The maximum absolute atomic E-state index is 14.0. The van der Waals surface area contributed by atoms with Gasteiger partial charge < -0.3 is 15.5 Å². The van der Waals surface area contributed by atoms with Gasteiger partial charge in [0.05, 0.1) is 5.69 Å². The highest BCUT2D eigenvalue weighted by molar-refractivity contribution is 5.92. The monoisotopic (exact) mass is 300 g/mol. The Morgan fingerprint density at radius 2 is 2.05 bits per heavy atom. The summed E-state index contributed by atoms with van der Waals surface area (Å²) < 4.78 is 14.0. The van der Waals surface area contributed by atoms with Crippen molar-refractivity contribution in [1.29, 1.82) is 0 Å². The van der Waals surface area contributed by atoms with Crippen molar-refractivity contribution in [1.82, 2.24) is 15.6 Å². The summed E-state index contributed by atoms with van der Waals surface area (Å²) in [7, 11) is 0. The van der Waals surface area contributed by atoms with Crippen molar-refractivity contribution in [2.45, 2.75) is 18.9 Å². The van der Waals surface area contributed by atoms with E-state index in [0.29, 0.717) is 5.69 Å². The van der Waals surface area contributed by atoms with E-state index in [1.54, 1.807) is 12.1 Å². The average molecular weight is 301 g/mol. The van der Waals surface area contributed by atoms with Gasteiger partial charge in [-0.1, -0.05) is 0 Å². The largest absolute Gasteiger partial charge is 0.365 e. The molecule has 1 aromatic heterocycles. The molecule has 0 unspecified atom stereocenters. The Morgan fingerprint density at radius 1 is 1.35 bits per heavy atom. The third kappa shape index (κ3) is 3.37. The summed E-state index contributed by atoms with van der Waals surface area (Å²) in [5, 5.41) is 6.02. The number of halogens is 2. The second-order valence-corrected chi connectivity index (χ2v) is 4.99. The molecule has 0 atom stereocenters. The minimum atomic E-state index is -0.564. The maximum atomic E-state index is 14.0. The van der Waals surface area contributed by atoms with Gasteiger partial charge in [0, 0.05) is 32.2 Å². The van der Waals surface area contributed by atoms with E-state index >= 15 is 0 Å². The van der Waals surface area contributed by atoms with Crippen molar-refractivity contribution in [3.63, 3.8) is 0 Å². The molecule has 110 valence electrons. The molecule has 1 saturated carbocycles. The fraction of sp³-hybridized carbons (Fsp3) is 0.538. The number of aromatic nitrogens is 1. The standard InChI is InChI=1S/C13H17FN4O.ClH/c14-12-11(18-7-5-15-6-8-18)4-3-10(17-12)13(19)16-9-1-2-9;/h3-4,9,15H,1-2,5-8H2,(H,16,19);1H. The van der Waals surface area contributed by atoms with Crippen molar-refractivity contribution < 1.29 is 9.18 Å². The van der Waals surface area contributed by atoms with Crippen LogP contribution in [0.3, 0.4) is 0 Å². The molecule has 1 aliphatic carbocycles. The third-order valence-corrected chi connectivity index (χ3v) is 3.43. The first-order chi connectivity index (χ1) is 9.24. The van der Waals surface area contributed by atoms with Crippen LogP contribution in [-0.4, -0.2) is 43.1 Å². The number of amides is 1. The van der Waals surface area contributed by atoms with E-state index in [0.717, 1.165) is 39.0 Å². The zero-order valence-corrected chi connectivity index (χ0v) is 11.9. The smallest absolute Gasteiger partial charge is 0.270 e. The van der Waals surface area contributed by atoms with Crippen LogP contribution in [0.1, 0.15) is 23.3 Å². The fourth-order valence-electron chi connectivity index (χ4n) is 2.18. The van der Waals surface area contributed by atoms with Crippen LogP contribution in [0.15, 0.2) is 12.1 Å². The van der Waals surface area contributed by atoms with E-state index in [4.69, 9.17) is 0 Å². The molecular formula is C13H18ClFN4O. The molecule has 2 fully saturated rings. The van der Waals surface area contributed by atoms with Crippen LogP contribution in [0.25, 0.3) is 0 Å². The van der Waals surface area contributed by atoms with E-state index in [1.165, 1.54) is 0 Å². The number of nitrogens with one attached hydrogen (secondary N) is 2. The molecule has 1 aliphatic heterocycles. The van der Waals surface area contributed by atoms with Crippen LogP contribution in [0.5, 0.6) is 0 Å². The Hall–Kier alpha value is -1.40. The van der Waals surface area contributed by atoms with Gasteiger partial charge in [0.15, 0.2) is 0 Å². The van der Waals surface area contributed by atoms with Gasteiger partial charge in [-0.15, -0.1) is 12.4 Å². The lowest BCUT2D eigenvalue weighted by Gasteiger charge is -2.29. The molecule has 0 radical (unpaired) electrons. The maximum Gasteiger partial charge on any atom is 0.270 e. The third-order valence-electron chi connectivity index (χ3n) is 3.43. The highest BCUT2D eigenvalue weighted by Gasteiger charge is 2.25. The summed E-state index contributed by atoms with van der Waals surface area (Å²) in [6, 6.07) is 3.50. The molecule has 0 aromatic carbocycles. The summed E-state index contributed by atoms with van der Waals surface area (Å²) in [6.07, 6.45) is 2.01. The minimum Gasteiger partial charge on any atom is -0.365 e. The quantitative estimate of drug-likeness (QED) is 0.816. The molecule has 2 aliphatic rings. The number of rotatable bonds is 3. The van der Waals surface area contributed by atoms with Gasteiger partial charge in [-0.25, -0.2) is 4.98 Å². The van der Waals surface area contributed by atoms with Gasteiger partial charge in [0.2, 0.25) is 5.95 Å². The SMILES string of the molecule is Cl.O=C(NC1CC1)c1ccc(N2CCNCC2)c(F)n1. The molecule has 2 heterocycles. The van der Waals surface area contributed by atoms with Crippen LogP contribution in [-0.2, 0) is 0 Å². The highest BCUT2D eigenvalue weighted by atomic mass is 35.5. The Balaban J connectivity index is 0.00000147. The van der Waals surface area contributed by atoms with E-state index in [-0.39, 0.29) is 30.0 Å². The van der Waals surface area contributed by atoms with Crippen LogP contribution < -0.4 is 15.5 Å². The molecule has 1 amide bonds. The molecule has 2 N–H and O–H groups in total. The first-order valence-electron chi connectivity index (χ1n) is 6.67. The number of carbonyl (C=O) groups is 1. The molecule has 0 spiro atoms. The number of anilines is 1. The van der Waals surface area contributed by atoms with Crippen molar-refractivity contribution in [3.05, 3.63) is 23.8 Å². The predicted octanol–water partition coefficient (Wildman–Crippen LogP) is 0.944. The number of hydrogen-bond donors (Lipinski definition) is 2. The second-order valence-electron chi connectivity index (χ2n) is 4.99. The predicted molar refractivity (Wildman–Crippen MR) is 77.0 cm³/mol. The van der Waals surface area contributed by atoms with E-state index in [9.17, 15) is 9.18 Å². The number of pyridine rings is 1. The normalized spacial score (nSPS) is 18.4. The van der Waals surface area contributed by atoms with Gasteiger partial charge in [0.25, 0.3) is 5.91 Å². The molecule has 5 nitrogen and oxygen atoms in total. The van der Waals surface area contributed by atoms with Gasteiger partial charge in [-0.05, 0) is 25.0 Å². The van der Waals surface area contributed by atoms with Crippen molar-refractivity contribution in [3.8, 4) is 0 Å². The van der Waals surface area contributed by atoms with E-state index in [1.807, 2.05) is 4.90 Å². The molecule has 0 bridgehead atoms. The summed E-state index contributed by atoms with van der Waals surface area (Å²) in [4.78, 5) is 17.5. The average Bonchev–Trinajstić information content (AvgIpc) is 3.23. The Bertz CT molecular complexity index is 489. The topological polar surface area (TPSA) is 57.3 Å². The van der Waals surface area contributed by atoms with Crippen molar-refractivity contribution in [2.24, 2.45) is 0 Å². The van der Waals surface area contributed by atoms with E-state index < -0.39 is 5.95 Å². The van der Waals surface area contributed by atoms with Crippen LogP contribution in [0, 0.1) is 5.95 Å². The molecular weight excluding hydrogens is 283 g/mol. The summed E-state index contributed by atoms with van der Waals surface area (Å²) in [5.74, 6) is -0.849. The zero-order valence-electron chi connectivity index (χ0n) is 11.1. The molecule has 20 heavy (non-hydrogen) atoms. The lowest BCUT2D eigenvalue weighted by Crippen LogP contribution is -2.44. The van der Waals surface area contributed by atoms with Crippen LogP contribution in [0.4, 0.5) is 10.1 Å². The van der Waals surface area contributed by atoms with Crippen LogP contribution >= 0.6 is 12.4 Å². The van der Waals surface area contributed by atoms with Gasteiger partial charge in [-0.2, -0.15) is 4.39 Å². The highest BCUT2D eigenvalue weighted by Crippen LogP contribution is 2.21. The first kappa shape index (κ1) is 15.0. The van der Waals surface area contributed by atoms with Gasteiger partial charge in [-0.3, -0.25) is 4.79 Å². The van der Waals surface area contributed by atoms with Gasteiger partial charge >= 0.3 is 0 Å². The first-order valence-corrected chi connectivity index (χ1v) is 6.67. The molecule has 1 aromatic rings. The number of nitrogens with zero attached hydrogens (tertiary/aromatic N) is 2. The Morgan fingerprint density at radius 3 is 2.65 bits per heavy atom. The summed E-state index contributed by atoms with van der Waals surface area (Å²) >= 11 is 0. The Kier molecular flexibility index (Phi) is 4.77. The van der Waals surface area contributed by atoms with E-state index in [2.05, 4.69) is 15.6 Å². The second kappa shape index (κ2) is 6.37. The number of hydrogen-bond acceptors (Lipinski definition) is 4. The lowest BCUT2D eigenvalue weighted by molar-refractivity contribution is 0.0945. The number of piperazine rings is 1. The summed E-state index contributed by atoms with van der Waals surface area (Å²) in [6.45, 7) is 3.19.